The van der Waals surface area contributed by atoms with Crippen molar-refractivity contribution in [1.29, 1.82) is 0 Å². The largest absolute Gasteiger partial charge is 0.381 e. The Hall–Kier alpha value is -0.380. The quantitative estimate of drug-likeness (QED) is 0.646. The van der Waals surface area contributed by atoms with E-state index in [9.17, 15) is 0 Å². The summed E-state index contributed by atoms with van der Waals surface area (Å²) < 4.78 is 5.62. The van der Waals surface area contributed by atoms with Crippen LogP contribution in [0.25, 0.3) is 0 Å². The van der Waals surface area contributed by atoms with Crippen molar-refractivity contribution in [2.45, 2.75) is 45.6 Å². The van der Waals surface area contributed by atoms with Gasteiger partial charge in [0.15, 0.2) is 0 Å². The van der Waals surface area contributed by atoms with Gasteiger partial charge >= 0.3 is 0 Å². The zero-order valence-corrected chi connectivity index (χ0v) is 11.9. The fourth-order valence-corrected chi connectivity index (χ4v) is 2.32. The minimum absolute atomic E-state index is 0.608. The number of thiophene rings is 1. The molecule has 98 valence electrons. The van der Waals surface area contributed by atoms with Crippen LogP contribution in [0.3, 0.4) is 0 Å². The molecule has 0 amide bonds. The van der Waals surface area contributed by atoms with Crippen molar-refractivity contribution >= 4 is 11.3 Å². The van der Waals surface area contributed by atoms with Gasteiger partial charge in [-0.3, -0.25) is 0 Å². The third-order valence-corrected chi connectivity index (χ3v) is 3.53. The second-order valence-electron chi connectivity index (χ2n) is 4.61. The molecule has 0 spiro atoms. The number of nitrogens with one attached hydrogen (secondary N) is 1. The predicted molar refractivity (Wildman–Crippen MR) is 75.8 cm³/mol. The van der Waals surface area contributed by atoms with E-state index in [0.29, 0.717) is 6.04 Å². The minimum atomic E-state index is 0.608. The summed E-state index contributed by atoms with van der Waals surface area (Å²) >= 11 is 1.81. The Kier molecular flexibility index (Phi) is 8.32. The number of hydrogen-bond acceptors (Lipinski definition) is 3. The number of hydrogen-bond donors (Lipinski definition) is 1. The molecule has 0 fully saturated rings. The van der Waals surface area contributed by atoms with Crippen LogP contribution in [0, 0.1) is 0 Å². The van der Waals surface area contributed by atoms with E-state index < -0.39 is 0 Å². The van der Waals surface area contributed by atoms with Crippen molar-refractivity contribution in [2.24, 2.45) is 0 Å². The summed E-state index contributed by atoms with van der Waals surface area (Å²) in [5, 5.41) is 5.55. The molecule has 1 aromatic rings. The van der Waals surface area contributed by atoms with Gasteiger partial charge in [-0.05, 0) is 37.3 Å². The van der Waals surface area contributed by atoms with E-state index in [-0.39, 0.29) is 0 Å². The summed E-state index contributed by atoms with van der Waals surface area (Å²) in [4.78, 5) is 1.42. The normalized spacial score (nSPS) is 11.2. The first-order valence-corrected chi connectivity index (χ1v) is 7.50. The van der Waals surface area contributed by atoms with Gasteiger partial charge in [-0.25, -0.2) is 0 Å². The van der Waals surface area contributed by atoms with Crippen LogP contribution < -0.4 is 5.32 Å². The molecule has 0 aliphatic carbocycles. The molecule has 17 heavy (non-hydrogen) atoms. The van der Waals surface area contributed by atoms with E-state index in [2.05, 4.69) is 36.7 Å². The van der Waals surface area contributed by atoms with E-state index in [4.69, 9.17) is 4.74 Å². The van der Waals surface area contributed by atoms with Crippen LogP contribution in [-0.2, 0) is 11.2 Å². The van der Waals surface area contributed by atoms with E-state index >= 15 is 0 Å². The second-order valence-corrected chi connectivity index (χ2v) is 5.64. The second kappa shape index (κ2) is 9.63. The SMILES string of the molecule is CC(C)NCCCCCOCCc1cccs1. The zero-order chi connectivity index (χ0) is 12.3. The highest BCUT2D eigenvalue weighted by atomic mass is 32.1. The first-order valence-electron chi connectivity index (χ1n) is 6.62. The smallest absolute Gasteiger partial charge is 0.0514 e. The molecular weight excluding hydrogens is 230 g/mol. The molecule has 0 bridgehead atoms. The summed E-state index contributed by atoms with van der Waals surface area (Å²) in [5.74, 6) is 0. The van der Waals surface area contributed by atoms with Crippen LogP contribution >= 0.6 is 11.3 Å². The molecule has 0 radical (unpaired) electrons. The van der Waals surface area contributed by atoms with Gasteiger partial charge in [0, 0.05) is 23.9 Å². The molecule has 1 heterocycles. The summed E-state index contributed by atoms with van der Waals surface area (Å²) in [6.07, 6.45) is 4.77. The molecule has 0 aliphatic heterocycles. The lowest BCUT2D eigenvalue weighted by molar-refractivity contribution is 0.133. The maximum Gasteiger partial charge on any atom is 0.0514 e. The minimum Gasteiger partial charge on any atom is -0.381 e. The fourth-order valence-electron chi connectivity index (χ4n) is 1.63. The van der Waals surface area contributed by atoms with Crippen LogP contribution in [0.2, 0.25) is 0 Å². The lowest BCUT2D eigenvalue weighted by atomic mass is 10.2. The van der Waals surface area contributed by atoms with Gasteiger partial charge in [0.25, 0.3) is 0 Å². The van der Waals surface area contributed by atoms with E-state index in [1.54, 1.807) is 0 Å². The highest BCUT2D eigenvalue weighted by molar-refractivity contribution is 7.09. The van der Waals surface area contributed by atoms with Crippen LogP contribution in [0.1, 0.15) is 38.0 Å². The summed E-state index contributed by atoms with van der Waals surface area (Å²) in [7, 11) is 0. The standard InChI is InChI=1S/C14H25NOS/c1-13(2)15-9-4-3-5-10-16-11-8-14-7-6-12-17-14/h6-7,12-13,15H,3-5,8-11H2,1-2H3. The average molecular weight is 255 g/mol. The van der Waals surface area contributed by atoms with Crippen molar-refractivity contribution in [1.82, 2.24) is 5.32 Å². The fraction of sp³-hybridized carbons (Fsp3) is 0.714. The molecule has 1 N–H and O–H groups in total. The van der Waals surface area contributed by atoms with Crippen molar-refractivity contribution in [3.05, 3.63) is 22.4 Å². The highest BCUT2D eigenvalue weighted by Gasteiger charge is 1.95. The molecular formula is C14H25NOS. The summed E-state index contributed by atoms with van der Waals surface area (Å²) in [6, 6.07) is 4.88. The molecule has 0 unspecified atom stereocenters. The van der Waals surface area contributed by atoms with E-state index in [1.165, 1.54) is 24.1 Å². The van der Waals surface area contributed by atoms with Crippen LogP contribution in [0.4, 0.5) is 0 Å². The van der Waals surface area contributed by atoms with Gasteiger partial charge < -0.3 is 10.1 Å². The van der Waals surface area contributed by atoms with Crippen LogP contribution in [-0.4, -0.2) is 25.8 Å². The van der Waals surface area contributed by atoms with Crippen molar-refractivity contribution in [2.75, 3.05) is 19.8 Å². The number of ether oxygens (including phenoxy) is 1. The third-order valence-electron chi connectivity index (χ3n) is 2.59. The first kappa shape index (κ1) is 14.7. The van der Waals surface area contributed by atoms with Gasteiger partial charge in [-0.1, -0.05) is 19.9 Å². The Morgan fingerprint density at radius 3 is 2.82 bits per heavy atom. The van der Waals surface area contributed by atoms with Crippen molar-refractivity contribution in [3.63, 3.8) is 0 Å². The van der Waals surface area contributed by atoms with Gasteiger partial charge in [0.05, 0.1) is 6.61 Å². The molecule has 0 saturated heterocycles. The Labute approximate surface area is 109 Å². The van der Waals surface area contributed by atoms with Crippen molar-refractivity contribution in [3.8, 4) is 0 Å². The monoisotopic (exact) mass is 255 g/mol. The van der Waals surface area contributed by atoms with Gasteiger partial charge in [0.1, 0.15) is 0 Å². The molecule has 2 nitrogen and oxygen atoms in total. The molecule has 1 rings (SSSR count). The zero-order valence-electron chi connectivity index (χ0n) is 11.1. The Balaban J connectivity index is 1.79. The Bertz CT molecular complexity index is 259. The van der Waals surface area contributed by atoms with Gasteiger partial charge in [-0.15, -0.1) is 11.3 Å². The molecule has 0 aromatic carbocycles. The van der Waals surface area contributed by atoms with Crippen molar-refractivity contribution < 1.29 is 4.74 Å². The highest BCUT2D eigenvalue weighted by Crippen LogP contribution is 2.09. The summed E-state index contributed by atoms with van der Waals surface area (Å²) in [5.41, 5.74) is 0. The number of rotatable bonds is 10. The topological polar surface area (TPSA) is 21.3 Å². The van der Waals surface area contributed by atoms with Gasteiger partial charge in [-0.2, -0.15) is 0 Å². The van der Waals surface area contributed by atoms with Crippen LogP contribution in [0.5, 0.6) is 0 Å². The molecule has 3 heteroatoms. The lowest BCUT2D eigenvalue weighted by Gasteiger charge is -2.07. The Morgan fingerprint density at radius 1 is 1.24 bits per heavy atom. The predicted octanol–water partition coefficient (Wildman–Crippen LogP) is 3.48. The first-order chi connectivity index (χ1) is 8.29. The summed E-state index contributed by atoms with van der Waals surface area (Å²) in [6.45, 7) is 7.28. The molecule has 0 saturated carbocycles. The Morgan fingerprint density at radius 2 is 2.12 bits per heavy atom. The number of unbranched alkanes of at least 4 members (excludes halogenated alkanes) is 2. The maximum atomic E-state index is 5.62. The molecule has 0 atom stereocenters. The average Bonchev–Trinajstić information content (AvgIpc) is 2.79. The molecule has 1 aromatic heterocycles. The van der Waals surface area contributed by atoms with Gasteiger partial charge in [0.2, 0.25) is 0 Å². The van der Waals surface area contributed by atoms with E-state index in [0.717, 1.165) is 26.2 Å². The van der Waals surface area contributed by atoms with E-state index in [1.807, 2.05) is 11.3 Å². The third kappa shape index (κ3) is 8.36. The maximum absolute atomic E-state index is 5.62. The van der Waals surface area contributed by atoms with Crippen LogP contribution in [0.15, 0.2) is 17.5 Å². The lowest BCUT2D eigenvalue weighted by Crippen LogP contribution is -2.23. The molecule has 0 aliphatic rings.